The zero-order valence-electron chi connectivity index (χ0n) is 7.70. The highest BCUT2D eigenvalue weighted by Crippen LogP contribution is 2.19. The van der Waals surface area contributed by atoms with E-state index in [0.29, 0.717) is 6.42 Å². The molecule has 0 saturated carbocycles. The first-order chi connectivity index (χ1) is 6.13. The lowest BCUT2D eigenvalue weighted by molar-refractivity contribution is 0.182. The fourth-order valence-corrected chi connectivity index (χ4v) is 1.18. The van der Waals surface area contributed by atoms with E-state index in [0.717, 1.165) is 11.1 Å². The smallest absolute Gasteiger partial charge is 0.119 e. The topological polar surface area (TPSA) is 66.5 Å². The maximum atomic E-state index is 9.48. The van der Waals surface area contributed by atoms with Crippen LogP contribution in [-0.2, 0) is 6.42 Å². The van der Waals surface area contributed by atoms with E-state index in [2.05, 4.69) is 0 Å². The monoisotopic (exact) mass is 181 g/mol. The number of nitrogens with two attached hydrogens (primary N) is 1. The van der Waals surface area contributed by atoms with E-state index < -0.39 is 6.10 Å². The van der Waals surface area contributed by atoms with Crippen molar-refractivity contribution in [1.82, 2.24) is 0 Å². The summed E-state index contributed by atoms with van der Waals surface area (Å²) < 4.78 is 0. The Kier molecular flexibility index (Phi) is 3.28. The second kappa shape index (κ2) is 4.25. The number of hydrogen-bond acceptors (Lipinski definition) is 3. The van der Waals surface area contributed by atoms with Gasteiger partial charge in [-0.05, 0) is 24.1 Å². The van der Waals surface area contributed by atoms with Gasteiger partial charge in [-0.2, -0.15) is 0 Å². The van der Waals surface area contributed by atoms with Gasteiger partial charge in [-0.1, -0.05) is 12.1 Å². The minimum atomic E-state index is -0.575. The van der Waals surface area contributed by atoms with E-state index in [4.69, 9.17) is 5.73 Å². The van der Waals surface area contributed by atoms with Crippen molar-refractivity contribution in [2.45, 2.75) is 19.4 Å². The lowest BCUT2D eigenvalue weighted by Crippen LogP contribution is -2.21. The van der Waals surface area contributed by atoms with Crippen molar-refractivity contribution >= 4 is 0 Å². The van der Waals surface area contributed by atoms with Gasteiger partial charge in [0.2, 0.25) is 0 Å². The van der Waals surface area contributed by atoms with E-state index in [1.807, 2.05) is 19.1 Å². The number of aliphatic hydroxyl groups excluding tert-OH is 1. The van der Waals surface area contributed by atoms with E-state index in [1.54, 1.807) is 6.07 Å². The molecule has 3 nitrogen and oxygen atoms in total. The number of aliphatic hydroxyl groups is 1. The Bertz CT molecular complexity index is 286. The van der Waals surface area contributed by atoms with Crippen LogP contribution < -0.4 is 5.73 Å². The van der Waals surface area contributed by atoms with Crippen molar-refractivity contribution in [2.24, 2.45) is 5.73 Å². The molecule has 0 radical (unpaired) electrons. The van der Waals surface area contributed by atoms with Gasteiger partial charge in [0.15, 0.2) is 0 Å². The fourth-order valence-electron chi connectivity index (χ4n) is 1.18. The van der Waals surface area contributed by atoms with Crippen LogP contribution >= 0.6 is 0 Å². The molecule has 0 heterocycles. The number of aryl methyl sites for hydroxylation is 1. The molecule has 0 fully saturated rings. The van der Waals surface area contributed by atoms with Gasteiger partial charge in [0.1, 0.15) is 5.75 Å². The van der Waals surface area contributed by atoms with E-state index in [-0.39, 0.29) is 12.3 Å². The third-order valence-corrected chi connectivity index (χ3v) is 1.97. The molecule has 1 aromatic rings. The van der Waals surface area contributed by atoms with Gasteiger partial charge in [-0.15, -0.1) is 0 Å². The second-order valence-corrected chi connectivity index (χ2v) is 3.23. The Morgan fingerprint density at radius 3 is 2.69 bits per heavy atom. The van der Waals surface area contributed by atoms with Gasteiger partial charge in [-0.25, -0.2) is 0 Å². The Hall–Kier alpha value is -1.06. The van der Waals surface area contributed by atoms with Crippen LogP contribution in [0.15, 0.2) is 18.2 Å². The minimum absolute atomic E-state index is 0.216. The summed E-state index contributed by atoms with van der Waals surface area (Å²) in [5.74, 6) is 0.229. The summed E-state index contributed by atoms with van der Waals surface area (Å²) in [5, 5.41) is 18.8. The molecular weight excluding hydrogens is 166 g/mol. The van der Waals surface area contributed by atoms with Gasteiger partial charge in [-0.3, -0.25) is 0 Å². The lowest BCUT2D eigenvalue weighted by atomic mass is 10.1. The molecule has 3 heteroatoms. The van der Waals surface area contributed by atoms with Crippen LogP contribution in [0.2, 0.25) is 0 Å². The van der Waals surface area contributed by atoms with Crippen molar-refractivity contribution in [2.75, 3.05) is 6.54 Å². The quantitative estimate of drug-likeness (QED) is 0.638. The van der Waals surface area contributed by atoms with Crippen molar-refractivity contribution < 1.29 is 10.2 Å². The third-order valence-electron chi connectivity index (χ3n) is 1.97. The molecule has 0 aromatic heterocycles. The Morgan fingerprint density at radius 1 is 1.46 bits per heavy atom. The second-order valence-electron chi connectivity index (χ2n) is 3.23. The zero-order chi connectivity index (χ0) is 9.84. The van der Waals surface area contributed by atoms with Crippen molar-refractivity contribution in [3.8, 4) is 5.75 Å². The van der Waals surface area contributed by atoms with Gasteiger partial charge in [0.25, 0.3) is 0 Å². The molecule has 1 unspecified atom stereocenters. The fraction of sp³-hybridized carbons (Fsp3) is 0.400. The predicted molar refractivity (Wildman–Crippen MR) is 51.6 cm³/mol. The number of benzene rings is 1. The van der Waals surface area contributed by atoms with E-state index >= 15 is 0 Å². The molecule has 1 rings (SSSR count). The Morgan fingerprint density at radius 2 is 2.15 bits per heavy atom. The normalized spacial score (nSPS) is 12.8. The summed E-state index contributed by atoms with van der Waals surface area (Å²) in [6.45, 7) is 2.12. The van der Waals surface area contributed by atoms with Crippen molar-refractivity contribution in [3.05, 3.63) is 29.3 Å². The molecular formula is C10H15NO2. The van der Waals surface area contributed by atoms with Crippen molar-refractivity contribution in [3.63, 3.8) is 0 Å². The number of phenolic OH excluding ortho intramolecular Hbond substituents is 1. The van der Waals surface area contributed by atoms with Crippen molar-refractivity contribution in [1.29, 1.82) is 0 Å². The molecule has 0 amide bonds. The van der Waals surface area contributed by atoms with Gasteiger partial charge < -0.3 is 15.9 Å². The third kappa shape index (κ3) is 2.72. The Labute approximate surface area is 77.8 Å². The standard InChI is InChI=1S/C10H15NO2/c1-7-2-3-8(10(13)4-7)5-9(12)6-11/h2-4,9,12-13H,5-6,11H2,1H3. The van der Waals surface area contributed by atoms with Crippen LogP contribution in [0.1, 0.15) is 11.1 Å². The highest BCUT2D eigenvalue weighted by atomic mass is 16.3. The first kappa shape index (κ1) is 10.0. The molecule has 0 spiro atoms. The number of hydrogen-bond donors (Lipinski definition) is 3. The number of aromatic hydroxyl groups is 1. The molecule has 13 heavy (non-hydrogen) atoms. The molecule has 1 aromatic carbocycles. The molecule has 4 N–H and O–H groups in total. The molecule has 1 atom stereocenters. The minimum Gasteiger partial charge on any atom is -0.508 e. The zero-order valence-corrected chi connectivity index (χ0v) is 7.70. The van der Waals surface area contributed by atoms with Gasteiger partial charge >= 0.3 is 0 Å². The average Bonchev–Trinajstić information content (AvgIpc) is 2.09. The maximum Gasteiger partial charge on any atom is 0.119 e. The van der Waals surface area contributed by atoms with Gasteiger partial charge in [0.05, 0.1) is 6.10 Å². The maximum absolute atomic E-state index is 9.48. The summed E-state index contributed by atoms with van der Waals surface area (Å²) in [6.07, 6.45) is -0.170. The highest BCUT2D eigenvalue weighted by molar-refractivity contribution is 5.36. The van der Waals surface area contributed by atoms with Crippen LogP contribution in [0.5, 0.6) is 5.75 Å². The summed E-state index contributed by atoms with van der Waals surface area (Å²) in [5.41, 5.74) is 7.01. The Balaban J connectivity index is 2.77. The largest absolute Gasteiger partial charge is 0.508 e. The average molecular weight is 181 g/mol. The van der Waals surface area contributed by atoms with E-state index in [1.165, 1.54) is 0 Å². The molecule has 0 aliphatic carbocycles. The summed E-state index contributed by atoms with van der Waals surface area (Å²) >= 11 is 0. The predicted octanol–water partition coefficient (Wildman–Crippen LogP) is 0.563. The van der Waals surface area contributed by atoms with Crippen LogP contribution in [0.25, 0.3) is 0 Å². The first-order valence-corrected chi connectivity index (χ1v) is 4.30. The van der Waals surface area contributed by atoms with E-state index in [9.17, 15) is 10.2 Å². The summed E-state index contributed by atoms with van der Waals surface area (Å²) in [4.78, 5) is 0. The molecule has 0 saturated heterocycles. The molecule has 0 aliphatic rings. The highest BCUT2D eigenvalue weighted by Gasteiger charge is 2.06. The number of phenols is 1. The molecule has 72 valence electrons. The lowest BCUT2D eigenvalue weighted by Gasteiger charge is -2.09. The SMILES string of the molecule is Cc1ccc(CC(O)CN)c(O)c1. The first-order valence-electron chi connectivity index (χ1n) is 4.30. The van der Waals surface area contributed by atoms with Crippen LogP contribution in [0.3, 0.4) is 0 Å². The summed E-state index contributed by atoms with van der Waals surface area (Å²) in [6, 6.07) is 5.39. The molecule has 0 aliphatic heterocycles. The van der Waals surface area contributed by atoms with Crippen LogP contribution in [-0.4, -0.2) is 22.9 Å². The van der Waals surface area contributed by atoms with Crippen LogP contribution in [0, 0.1) is 6.92 Å². The van der Waals surface area contributed by atoms with Gasteiger partial charge in [0, 0.05) is 13.0 Å². The van der Waals surface area contributed by atoms with Crippen LogP contribution in [0.4, 0.5) is 0 Å². The number of rotatable bonds is 3. The molecule has 0 bridgehead atoms. The summed E-state index contributed by atoms with van der Waals surface area (Å²) in [7, 11) is 0.